The van der Waals surface area contributed by atoms with Gasteiger partial charge in [0, 0.05) is 60.6 Å². The van der Waals surface area contributed by atoms with Gasteiger partial charge in [0.25, 0.3) is 0 Å². The third kappa shape index (κ3) is 5.01. The first-order valence-electron chi connectivity index (χ1n) is 13.7. The minimum Gasteiger partial charge on any atom is -0.368 e. The van der Waals surface area contributed by atoms with E-state index in [2.05, 4.69) is 64.4 Å². The number of piperazine rings is 1. The first-order valence-corrected chi connectivity index (χ1v) is 13.7. The number of benzene rings is 1. The molecule has 41 heavy (non-hydrogen) atoms. The molecule has 0 atom stereocenters. The number of nitrogens with one attached hydrogen (secondary N) is 3. The number of fused-ring (bicyclic) bond motifs is 2. The second-order valence-corrected chi connectivity index (χ2v) is 10.4. The largest absolute Gasteiger partial charge is 0.368 e. The third-order valence-corrected chi connectivity index (χ3v) is 7.58. The van der Waals surface area contributed by atoms with Crippen molar-refractivity contribution in [3.63, 3.8) is 0 Å². The van der Waals surface area contributed by atoms with E-state index in [4.69, 9.17) is 0 Å². The van der Waals surface area contributed by atoms with E-state index in [1.165, 1.54) is 5.69 Å². The van der Waals surface area contributed by atoms with Crippen molar-refractivity contribution in [2.75, 3.05) is 43.4 Å². The molecule has 6 aromatic rings. The Kier molecular flexibility index (Phi) is 6.36. The normalized spacial score (nSPS) is 14.1. The molecule has 204 valence electrons. The molecule has 1 saturated heterocycles. The molecule has 0 spiro atoms. The van der Waals surface area contributed by atoms with E-state index in [9.17, 15) is 4.79 Å². The monoisotopic (exact) mass is 543 g/mol. The molecule has 3 N–H and O–H groups in total. The SMILES string of the molecule is CN1CCN(c2ccnc3[nH]c(-c4n[nH]c5cnc(-c6cncc(NC(=O)Cc7ccccc7)c6)cc45)cc23)CC1. The Hall–Kier alpha value is -5.09. The van der Waals surface area contributed by atoms with Gasteiger partial charge in [-0.05, 0) is 36.9 Å². The number of likely N-dealkylation sites (N-methyl/N-ethyl adjacent to an activating group) is 1. The van der Waals surface area contributed by atoms with Crippen molar-refractivity contribution in [1.29, 1.82) is 0 Å². The zero-order chi connectivity index (χ0) is 27.8. The van der Waals surface area contributed by atoms with Crippen LogP contribution in [-0.4, -0.2) is 74.2 Å². The predicted octanol–water partition coefficient (Wildman–Crippen LogP) is 4.50. The third-order valence-electron chi connectivity index (χ3n) is 7.58. The molecule has 6 heterocycles. The van der Waals surface area contributed by atoms with Gasteiger partial charge >= 0.3 is 0 Å². The number of carbonyl (C=O) groups excluding carboxylic acids is 1. The number of hydrogen-bond donors (Lipinski definition) is 3. The van der Waals surface area contributed by atoms with Crippen LogP contribution in [0.5, 0.6) is 0 Å². The lowest BCUT2D eigenvalue weighted by molar-refractivity contribution is -0.115. The van der Waals surface area contributed by atoms with Gasteiger partial charge in [-0.25, -0.2) is 4.98 Å². The molecule has 1 amide bonds. The van der Waals surface area contributed by atoms with Crippen LogP contribution in [0.2, 0.25) is 0 Å². The molecule has 0 unspecified atom stereocenters. The van der Waals surface area contributed by atoms with E-state index in [0.29, 0.717) is 12.1 Å². The van der Waals surface area contributed by atoms with E-state index in [-0.39, 0.29) is 5.91 Å². The van der Waals surface area contributed by atoms with Crippen molar-refractivity contribution < 1.29 is 4.79 Å². The summed E-state index contributed by atoms with van der Waals surface area (Å²) in [6.07, 6.45) is 7.32. The van der Waals surface area contributed by atoms with E-state index in [1.807, 2.05) is 48.7 Å². The van der Waals surface area contributed by atoms with E-state index in [1.54, 1.807) is 18.6 Å². The summed E-state index contributed by atoms with van der Waals surface area (Å²) in [6.45, 7) is 4.04. The number of hydrogen-bond acceptors (Lipinski definition) is 7. The highest BCUT2D eigenvalue weighted by Gasteiger charge is 2.20. The van der Waals surface area contributed by atoms with Crippen molar-refractivity contribution in [3.05, 3.63) is 84.9 Å². The zero-order valence-corrected chi connectivity index (χ0v) is 22.6. The number of anilines is 2. The number of aromatic amines is 2. The first-order chi connectivity index (χ1) is 20.1. The van der Waals surface area contributed by atoms with Crippen LogP contribution in [0.1, 0.15) is 5.56 Å². The van der Waals surface area contributed by atoms with Gasteiger partial charge in [-0.15, -0.1) is 0 Å². The van der Waals surface area contributed by atoms with E-state index >= 15 is 0 Å². The number of rotatable bonds is 6. The number of amides is 1. The highest BCUT2D eigenvalue weighted by Crippen LogP contribution is 2.34. The summed E-state index contributed by atoms with van der Waals surface area (Å²) >= 11 is 0. The van der Waals surface area contributed by atoms with E-state index < -0.39 is 0 Å². The molecule has 10 nitrogen and oxygen atoms in total. The van der Waals surface area contributed by atoms with Gasteiger partial charge in [0.1, 0.15) is 11.3 Å². The highest BCUT2D eigenvalue weighted by atomic mass is 16.1. The van der Waals surface area contributed by atoms with Gasteiger partial charge in [0.2, 0.25) is 5.91 Å². The molecule has 1 fully saturated rings. The minimum atomic E-state index is -0.0981. The average Bonchev–Trinajstić information content (AvgIpc) is 3.62. The molecule has 1 aliphatic rings. The standard InChI is InChI=1S/C31H29N9O/c1-39-9-11-40(12-10-39)28-7-8-33-31-24(28)16-26(36-31)30-23-15-25(34-19-27(23)37-38-30)21-14-22(18-32-17-21)35-29(41)13-20-5-3-2-4-6-20/h2-8,14-19H,9-13H2,1H3,(H,33,36)(H,35,41)(H,37,38). The first kappa shape index (κ1) is 24.9. The second kappa shape index (κ2) is 10.5. The maximum Gasteiger partial charge on any atom is 0.228 e. The summed E-state index contributed by atoms with van der Waals surface area (Å²) in [5, 5.41) is 12.7. The summed E-state index contributed by atoms with van der Waals surface area (Å²) in [4.78, 5) is 34.4. The maximum atomic E-state index is 12.6. The van der Waals surface area contributed by atoms with Gasteiger partial charge < -0.3 is 20.1 Å². The van der Waals surface area contributed by atoms with Gasteiger partial charge in [-0.1, -0.05) is 30.3 Å². The highest BCUT2D eigenvalue weighted by molar-refractivity contribution is 5.99. The minimum absolute atomic E-state index is 0.0981. The average molecular weight is 544 g/mol. The molecule has 0 radical (unpaired) electrons. The van der Waals surface area contributed by atoms with Crippen LogP contribution in [-0.2, 0) is 11.2 Å². The second-order valence-electron chi connectivity index (χ2n) is 10.4. The van der Waals surface area contributed by atoms with Gasteiger partial charge in [-0.2, -0.15) is 5.10 Å². The fourth-order valence-electron chi connectivity index (χ4n) is 5.38. The van der Waals surface area contributed by atoms with Crippen molar-refractivity contribution in [1.82, 2.24) is 35.0 Å². The van der Waals surface area contributed by atoms with Crippen LogP contribution in [0.25, 0.3) is 44.6 Å². The number of aromatic nitrogens is 6. The number of H-pyrrole nitrogens is 2. The van der Waals surface area contributed by atoms with Crippen molar-refractivity contribution in [2.24, 2.45) is 0 Å². The molecular formula is C31H29N9O. The van der Waals surface area contributed by atoms with Crippen LogP contribution >= 0.6 is 0 Å². The van der Waals surface area contributed by atoms with Crippen LogP contribution in [0, 0.1) is 0 Å². The van der Waals surface area contributed by atoms with Crippen molar-refractivity contribution in [2.45, 2.75) is 6.42 Å². The Morgan fingerprint density at radius 3 is 2.66 bits per heavy atom. The van der Waals surface area contributed by atoms with Crippen LogP contribution in [0.4, 0.5) is 11.4 Å². The Labute approximate surface area is 236 Å². The molecule has 7 rings (SSSR count). The summed E-state index contributed by atoms with van der Waals surface area (Å²) < 4.78 is 0. The molecule has 1 aromatic carbocycles. The topological polar surface area (TPSA) is 119 Å². The Balaban J connectivity index is 1.18. The Bertz CT molecular complexity index is 1850. The number of carbonyl (C=O) groups is 1. The molecule has 0 aliphatic carbocycles. The quantitative estimate of drug-likeness (QED) is 0.283. The van der Waals surface area contributed by atoms with Gasteiger partial charge in [0.15, 0.2) is 0 Å². The summed E-state index contributed by atoms with van der Waals surface area (Å²) in [7, 11) is 2.16. The fraction of sp³-hybridized carbons (Fsp3) is 0.194. The van der Waals surface area contributed by atoms with Crippen LogP contribution < -0.4 is 10.2 Å². The molecule has 0 bridgehead atoms. The van der Waals surface area contributed by atoms with Crippen molar-refractivity contribution >= 4 is 39.2 Å². The van der Waals surface area contributed by atoms with Gasteiger partial charge in [-0.3, -0.25) is 19.9 Å². The molecule has 1 aliphatic heterocycles. The predicted molar refractivity (Wildman–Crippen MR) is 161 cm³/mol. The fourth-order valence-corrected chi connectivity index (χ4v) is 5.38. The van der Waals surface area contributed by atoms with E-state index in [0.717, 1.165) is 76.3 Å². The number of pyridine rings is 3. The Morgan fingerprint density at radius 2 is 1.80 bits per heavy atom. The Morgan fingerprint density at radius 1 is 0.951 bits per heavy atom. The van der Waals surface area contributed by atoms with Crippen LogP contribution in [0.3, 0.4) is 0 Å². The van der Waals surface area contributed by atoms with Gasteiger partial charge in [0.05, 0.1) is 41.4 Å². The smallest absolute Gasteiger partial charge is 0.228 e. The number of nitrogens with zero attached hydrogens (tertiary/aromatic N) is 6. The molecule has 10 heteroatoms. The molecule has 5 aromatic heterocycles. The van der Waals surface area contributed by atoms with Crippen LogP contribution in [0.15, 0.2) is 79.4 Å². The lowest BCUT2D eigenvalue weighted by Crippen LogP contribution is -2.44. The molecule has 0 saturated carbocycles. The zero-order valence-electron chi connectivity index (χ0n) is 22.6. The summed E-state index contributed by atoms with van der Waals surface area (Å²) in [5.41, 5.74) is 7.65. The maximum absolute atomic E-state index is 12.6. The van der Waals surface area contributed by atoms with Crippen molar-refractivity contribution in [3.8, 4) is 22.6 Å². The summed E-state index contributed by atoms with van der Waals surface area (Å²) in [5.74, 6) is -0.0981. The lowest BCUT2D eigenvalue weighted by atomic mass is 10.1. The lowest BCUT2D eigenvalue weighted by Gasteiger charge is -2.34. The molecular weight excluding hydrogens is 514 g/mol. The summed E-state index contributed by atoms with van der Waals surface area (Å²) in [6, 6.07) is 17.8.